The number of carbonyl (C=O) groups is 2. The van der Waals surface area contributed by atoms with E-state index in [9.17, 15) is 9.59 Å². The number of carbonyl (C=O) groups excluding carboxylic acids is 2. The Labute approximate surface area is 174 Å². The van der Waals surface area contributed by atoms with E-state index in [0.29, 0.717) is 38.6 Å². The van der Waals surface area contributed by atoms with Crippen molar-refractivity contribution in [3.8, 4) is 5.75 Å². The van der Waals surface area contributed by atoms with Gasteiger partial charge < -0.3 is 19.6 Å². The molecule has 0 spiro atoms. The van der Waals surface area contributed by atoms with Crippen LogP contribution in [-0.4, -0.2) is 56.2 Å². The summed E-state index contributed by atoms with van der Waals surface area (Å²) in [5.74, 6) is 0.0229. The monoisotopic (exact) mass is 419 g/mol. The minimum absolute atomic E-state index is 0.207. The second kappa shape index (κ2) is 8.10. The number of nitrogens with two attached hydrogens (primary N) is 1. The largest absolute Gasteiger partial charge is 0.488 e. The lowest BCUT2D eigenvalue weighted by atomic mass is 9.94. The van der Waals surface area contributed by atoms with Crippen molar-refractivity contribution in [3.63, 3.8) is 0 Å². The molecule has 0 unspecified atom stereocenters. The molecular weight excluding hydrogens is 394 g/mol. The maximum absolute atomic E-state index is 12.9. The fourth-order valence-electron chi connectivity index (χ4n) is 3.01. The van der Waals surface area contributed by atoms with Crippen LogP contribution >= 0.6 is 12.6 Å². The molecule has 0 saturated carbocycles. The van der Waals surface area contributed by atoms with Gasteiger partial charge in [-0.1, -0.05) is 0 Å². The third kappa shape index (κ3) is 3.98. The first-order valence-electron chi connectivity index (χ1n) is 9.07. The standard InChI is InChI=1S/C20H25N3O5S/c1-11(21)16(29)8-27-13-5-6-15-14(7-13)17(12(2)28-15)18(24)22-19(25)20(23(3)4)9-26-10-20/h5-7,29H,8-10,21H2,1-4H3,(H,22,24,25)/b16-11-. The third-order valence-corrected chi connectivity index (χ3v) is 5.56. The molecule has 1 fully saturated rings. The summed E-state index contributed by atoms with van der Waals surface area (Å²) in [6, 6.07) is 5.15. The van der Waals surface area contributed by atoms with Crippen molar-refractivity contribution in [1.82, 2.24) is 10.2 Å². The minimum atomic E-state index is -0.841. The third-order valence-electron chi connectivity index (χ3n) is 5.08. The van der Waals surface area contributed by atoms with Crippen molar-refractivity contribution < 1.29 is 23.5 Å². The van der Waals surface area contributed by atoms with Crippen LogP contribution in [0.5, 0.6) is 5.75 Å². The number of nitrogens with one attached hydrogen (secondary N) is 1. The van der Waals surface area contributed by atoms with Crippen LogP contribution in [0.1, 0.15) is 23.0 Å². The van der Waals surface area contributed by atoms with Gasteiger partial charge in [0, 0.05) is 16.0 Å². The van der Waals surface area contributed by atoms with Crippen LogP contribution < -0.4 is 15.8 Å². The molecule has 3 N–H and O–H groups in total. The topological polar surface area (TPSA) is 107 Å². The molecule has 0 aliphatic carbocycles. The number of furan rings is 1. The summed E-state index contributed by atoms with van der Waals surface area (Å²) in [4.78, 5) is 28.0. The number of thiol groups is 1. The zero-order valence-corrected chi connectivity index (χ0v) is 17.8. The van der Waals surface area contributed by atoms with E-state index >= 15 is 0 Å². The first-order valence-corrected chi connectivity index (χ1v) is 9.51. The van der Waals surface area contributed by atoms with E-state index in [2.05, 4.69) is 17.9 Å². The van der Waals surface area contributed by atoms with Crippen LogP contribution in [-0.2, 0) is 9.53 Å². The molecule has 2 heterocycles. The van der Waals surface area contributed by atoms with E-state index in [1.165, 1.54) is 0 Å². The van der Waals surface area contributed by atoms with E-state index in [1.54, 1.807) is 51.0 Å². The molecule has 0 radical (unpaired) electrons. The molecule has 1 aromatic heterocycles. The molecule has 8 nitrogen and oxygen atoms in total. The summed E-state index contributed by atoms with van der Waals surface area (Å²) in [6.45, 7) is 4.10. The number of allylic oxidation sites excluding steroid dienone is 1. The first-order chi connectivity index (χ1) is 13.7. The molecular formula is C20H25N3O5S. The fourth-order valence-corrected chi connectivity index (χ4v) is 3.07. The van der Waals surface area contributed by atoms with Crippen LogP contribution in [0, 0.1) is 6.92 Å². The molecule has 9 heteroatoms. The number of ether oxygens (including phenoxy) is 2. The zero-order chi connectivity index (χ0) is 21.3. The Hall–Kier alpha value is -2.49. The predicted octanol–water partition coefficient (Wildman–Crippen LogP) is 1.83. The average molecular weight is 420 g/mol. The number of hydrogen-bond donors (Lipinski definition) is 3. The summed E-state index contributed by atoms with van der Waals surface area (Å²) < 4.78 is 16.6. The van der Waals surface area contributed by atoms with E-state index < -0.39 is 17.4 Å². The summed E-state index contributed by atoms with van der Waals surface area (Å²) in [5, 5.41) is 3.05. The van der Waals surface area contributed by atoms with Crippen LogP contribution in [0.4, 0.5) is 0 Å². The molecule has 29 heavy (non-hydrogen) atoms. The number of imide groups is 1. The summed E-state index contributed by atoms with van der Waals surface area (Å²) in [7, 11) is 3.56. The highest BCUT2D eigenvalue weighted by molar-refractivity contribution is 7.84. The number of fused-ring (bicyclic) bond motifs is 1. The van der Waals surface area contributed by atoms with Crippen molar-refractivity contribution in [1.29, 1.82) is 0 Å². The normalized spacial score (nSPS) is 16.3. The lowest BCUT2D eigenvalue weighted by molar-refractivity contribution is -0.163. The Morgan fingerprint density at radius 2 is 2.03 bits per heavy atom. The first kappa shape index (κ1) is 21.2. The Balaban J connectivity index is 1.85. The quantitative estimate of drug-likeness (QED) is 0.484. The second-order valence-corrected chi connectivity index (χ2v) is 7.85. The molecule has 2 aromatic rings. The number of benzene rings is 1. The number of rotatable bonds is 6. The fraction of sp³-hybridized carbons (Fsp3) is 0.400. The van der Waals surface area contributed by atoms with Gasteiger partial charge in [-0.2, -0.15) is 0 Å². The number of nitrogens with zero attached hydrogens (tertiary/aromatic N) is 1. The highest BCUT2D eigenvalue weighted by atomic mass is 32.1. The molecule has 1 aromatic carbocycles. The highest BCUT2D eigenvalue weighted by Gasteiger charge is 2.48. The molecule has 3 rings (SSSR count). The summed E-state index contributed by atoms with van der Waals surface area (Å²) in [6.07, 6.45) is 0. The summed E-state index contributed by atoms with van der Waals surface area (Å²) >= 11 is 4.28. The Morgan fingerprint density at radius 3 is 2.59 bits per heavy atom. The molecule has 2 amide bonds. The van der Waals surface area contributed by atoms with Crippen molar-refractivity contribution in [2.24, 2.45) is 5.73 Å². The van der Waals surface area contributed by atoms with Crippen molar-refractivity contribution in [2.45, 2.75) is 19.4 Å². The predicted molar refractivity (Wildman–Crippen MR) is 112 cm³/mol. The molecule has 1 saturated heterocycles. The van der Waals surface area contributed by atoms with Gasteiger partial charge >= 0.3 is 0 Å². The number of aryl methyl sites for hydroxylation is 1. The van der Waals surface area contributed by atoms with Gasteiger partial charge in [0.2, 0.25) is 0 Å². The van der Waals surface area contributed by atoms with Crippen LogP contribution in [0.15, 0.2) is 33.2 Å². The molecule has 0 atom stereocenters. The van der Waals surface area contributed by atoms with Gasteiger partial charge in [-0.05, 0) is 46.1 Å². The second-order valence-electron chi connectivity index (χ2n) is 7.31. The smallest absolute Gasteiger partial charge is 0.262 e. The van der Waals surface area contributed by atoms with E-state index in [1.807, 2.05) is 0 Å². The Kier molecular flexibility index (Phi) is 5.92. The maximum Gasteiger partial charge on any atom is 0.262 e. The van der Waals surface area contributed by atoms with E-state index in [-0.39, 0.29) is 19.8 Å². The van der Waals surface area contributed by atoms with Crippen LogP contribution in [0.2, 0.25) is 0 Å². The molecule has 156 valence electrons. The number of hydrogen-bond acceptors (Lipinski definition) is 8. The summed E-state index contributed by atoms with van der Waals surface area (Å²) in [5.41, 5.74) is 6.24. The van der Waals surface area contributed by atoms with Gasteiger partial charge in [0.25, 0.3) is 11.8 Å². The van der Waals surface area contributed by atoms with Gasteiger partial charge in [-0.15, -0.1) is 12.6 Å². The SMILES string of the molecule is C/C(N)=C(/S)COc1ccc2oc(C)c(C(=O)NC(=O)C3(N(C)C)COC3)c2c1. The van der Waals surface area contributed by atoms with Gasteiger partial charge in [-0.25, -0.2) is 0 Å². The van der Waals surface area contributed by atoms with Gasteiger partial charge in [-0.3, -0.25) is 19.8 Å². The van der Waals surface area contributed by atoms with E-state index in [0.717, 1.165) is 0 Å². The van der Waals surface area contributed by atoms with Crippen molar-refractivity contribution in [3.05, 3.63) is 40.1 Å². The van der Waals surface area contributed by atoms with Gasteiger partial charge in [0.15, 0.2) is 0 Å². The van der Waals surface area contributed by atoms with Crippen molar-refractivity contribution >= 4 is 35.4 Å². The maximum atomic E-state index is 12.9. The Bertz CT molecular complexity index is 987. The van der Waals surface area contributed by atoms with Gasteiger partial charge in [0.05, 0.1) is 18.8 Å². The minimum Gasteiger partial charge on any atom is -0.488 e. The molecule has 1 aliphatic rings. The zero-order valence-electron chi connectivity index (χ0n) is 16.9. The average Bonchev–Trinajstić information content (AvgIpc) is 2.93. The Morgan fingerprint density at radius 1 is 1.34 bits per heavy atom. The lowest BCUT2D eigenvalue weighted by Gasteiger charge is -2.44. The van der Waals surface area contributed by atoms with Crippen LogP contribution in [0.3, 0.4) is 0 Å². The van der Waals surface area contributed by atoms with Gasteiger partial charge in [0.1, 0.15) is 29.2 Å². The highest BCUT2D eigenvalue weighted by Crippen LogP contribution is 2.30. The number of amides is 2. The van der Waals surface area contributed by atoms with E-state index in [4.69, 9.17) is 19.6 Å². The van der Waals surface area contributed by atoms with Crippen molar-refractivity contribution in [2.75, 3.05) is 33.9 Å². The number of likely N-dealkylation sites (N-methyl/N-ethyl adjacent to an activating group) is 1. The molecule has 1 aliphatic heterocycles. The lowest BCUT2D eigenvalue weighted by Crippen LogP contribution is -2.68. The van der Waals surface area contributed by atoms with Crippen LogP contribution in [0.25, 0.3) is 11.0 Å². The molecule has 0 bridgehead atoms.